The first-order valence-electron chi connectivity index (χ1n) is 8.37. The molecule has 130 valence electrons. The highest BCUT2D eigenvalue weighted by molar-refractivity contribution is 7.09. The van der Waals surface area contributed by atoms with Gasteiger partial charge >= 0.3 is 0 Å². The van der Waals surface area contributed by atoms with Gasteiger partial charge in [-0.1, -0.05) is 51.1 Å². The minimum atomic E-state index is 0.0231. The van der Waals surface area contributed by atoms with Gasteiger partial charge in [-0.15, -0.1) is 11.3 Å². The Morgan fingerprint density at radius 2 is 1.96 bits per heavy atom. The lowest BCUT2D eigenvalue weighted by Gasteiger charge is -2.22. The molecule has 2 aromatic rings. The van der Waals surface area contributed by atoms with E-state index in [0.29, 0.717) is 26.1 Å². The summed E-state index contributed by atoms with van der Waals surface area (Å²) in [5, 5.41) is 3.07. The second kappa shape index (κ2) is 8.40. The maximum atomic E-state index is 12.7. The molecule has 0 spiro atoms. The molecule has 1 heterocycles. The first kappa shape index (κ1) is 18.6. The second-order valence-corrected chi connectivity index (χ2v) is 7.87. The smallest absolute Gasteiger partial charge is 0.228 e. The third kappa shape index (κ3) is 5.42. The van der Waals surface area contributed by atoms with Crippen molar-refractivity contribution >= 4 is 17.2 Å². The molecule has 5 heteroatoms. The molecule has 0 saturated heterocycles. The fourth-order valence-electron chi connectivity index (χ4n) is 2.38. The van der Waals surface area contributed by atoms with Crippen molar-refractivity contribution < 1.29 is 4.79 Å². The Hall–Kier alpha value is -1.72. The van der Waals surface area contributed by atoms with Crippen LogP contribution in [0.15, 0.2) is 35.7 Å². The van der Waals surface area contributed by atoms with Crippen LogP contribution in [-0.4, -0.2) is 28.9 Å². The number of thiazole rings is 1. The van der Waals surface area contributed by atoms with Crippen LogP contribution in [0, 0.1) is 0 Å². The normalized spacial score (nSPS) is 11.5. The first-order valence-corrected chi connectivity index (χ1v) is 9.25. The Morgan fingerprint density at radius 3 is 2.54 bits per heavy atom. The van der Waals surface area contributed by atoms with Crippen LogP contribution in [0.3, 0.4) is 0 Å². The monoisotopic (exact) mass is 345 g/mol. The summed E-state index contributed by atoms with van der Waals surface area (Å²) in [5.74, 6) is 0.109. The standard InChI is InChI=1S/C19H27N3OS/c1-19(2,3)18-21-16(14-24-18)12-17(23)22(11-7-10-20)13-15-8-5-4-6-9-15/h4-6,8-9,14H,7,10-13,20H2,1-3H3. The number of nitrogens with zero attached hydrogens (tertiary/aromatic N) is 2. The van der Waals surface area contributed by atoms with Gasteiger partial charge in [0.25, 0.3) is 0 Å². The molecule has 24 heavy (non-hydrogen) atoms. The molecule has 4 nitrogen and oxygen atoms in total. The topological polar surface area (TPSA) is 59.2 Å². The lowest BCUT2D eigenvalue weighted by molar-refractivity contribution is -0.131. The third-order valence-corrected chi connectivity index (χ3v) is 5.04. The predicted molar refractivity (Wildman–Crippen MR) is 100 cm³/mol. The van der Waals surface area contributed by atoms with Gasteiger partial charge in [0.2, 0.25) is 5.91 Å². The van der Waals surface area contributed by atoms with E-state index in [1.165, 1.54) is 0 Å². The van der Waals surface area contributed by atoms with Crippen molar-refractivity contribution in [1.82, 2.24) is 9.88 Å². The molecular formula is C19H27N3OS. The zero-order valence-electron chi connectivity index (χ0n) is 14.8. The van der Waals surface area contributed by atoms with Gasteiger partial charge in [-0.3, -0.25) is 4.79 Å². The number of rotatable bonds is 7. The Kier molecular flexibility index (Phi) is 6.52. The highest BCUT2D eigenvalue weighted by atomic mass is 32.1. The summed E-state index contributed by atoms with van der Waals surface area (Å²) in [7, 11) is 0. The maximum Gasteiger partial charge on any atom is 0.228 e. The van der Waals surface area contributed by atoms with Crippen molar-refractivity contribution in [2.75, 3.05) is 13.1 Å². The summed E-state index contributed by atoms with van der Waals surface area (Å²) < 4.78 is 0. The van der Waals surface area contributed by atoms with E-state index in [1.54, 1.807) is 11.3 Å². The Balaban J connectivity index is 2.05. The summed E-state index contributed by atoms with van der Waals surface area (Å²) in [6, 6.07) is 10.1. The second-order valence-electron chi connectivity index (χ2n) is 7.01. The summed E-state index contributed by atoms with van der Waals surface area (Å²) >= 11 is 1.63. The summed E-state index contributed by atoms with van der Waals surface area (Å²) in [5.41, 5.74) is 7.65. The summed E-state index contributed by atoms with van der Waals surface area (Å²) in [6.07, 6.45) is 1.16. The van der Waals surface area contributed by atoms with E-state index in [-0.39, 0.29) is 11.3 Å². The van der Waals surface area contributed by atoms with Gasteiger partial charge in [0.05, 0.1) is 17.1 Å². The lowest BCUT2D eigenvalue weighted by atomic mass is 9.98. The van der Waals surface area contributed by atoms with Gasteiger partial charge in [-0.2, -0.15) is 0 Å². The summed E-state index contributed by atoms with van der Waals surface area (Å²) in [6.45, 7) is 8.31. The number of amides is 1. The number of nitrogens with two attached hydrogens (primary N) is 1. The van der Waals surface area contributed by atoms with E-state index in [0.717, 1.165) is 22.7 Å². The van der Waals surface area contributed by atoms with Gasteiger partial charge in [0.15, 0.2) is 0 Å². The third-order valence-electron chi connectivity index (χ3n) is 3.73. The molecule has 0 fully saturated rings. The molecule has 0 bridgehead atoms. The summed E-state index contributed by atoms with van der Waals surface area (Å²) in [4.78, 5) is 19.3. The SMILES string of the molecule is CC(C)(C)c1nc(CC(=O)N(CCCN)Cc2ccccc2)cs1. The number of hydrogen-bond donors (Lipinski definition) is 1. The van der Waals surface area contributed by atoms with Crippen molar-refractivity contribution in [1.29, 1.82) is 0 Å². The lowest BCUT2D eigenvalue weighted by Crippen LogP contribution is -2.33. The molecule has 0 radical (unpaired) electrons. The minimum absolute atomic E-state index is 0.0231. The zero-order valence-corrected chi connectivity index (χ0v) is 15.6. The van der Waals surface area contributed by atoms with Crippen molar-refractivity contribution in [3.63, 3.8) is 0 Å². The minimum Gasteiger partial charge on any atom is -0.338 e. The fraction of sp³-hybridized carbons (Fsp3) is 0.474. The molecule has 0 unspecified atom stereocenters. The maximum absolute atomic E-state index is 12.7. The number of aromatic nitrogens is 1. The van der Waals surface area contributed by atoms with Gasteiger partial charge in [0, 0.05) is 23.9 Å². The quantitative estimate of drug-likeness (QED) is 0.837. The molecule has 1 amide bonds. The van der Waals surface area contributed by atoms with Crippen LogP contribution >= 0.6 is 11.3 Å². The van der Waals surface area contributed by atoms with Crippen LogP contribution < -0.4 is 5.73 Å². The fourth-order valence-corrected chi connectivity index (χ4v) is 3.28. The zero-order chi connectivity index (χ0) is 17.6. The number of hydrogen-bond acceptors (Lipinski definition) is 4. The van der Waals surface area contributed by atoms with E-state index in [4.69, 9.17) is 5.73 Å². The molecule has 0 atom stereocenters. The van der Waals surface area contributed by atoms with Crippen LogP contribution in [0.4, 0.5) is 0 Å². The number of carbonyl (C=O) groups excluding carboxylic acids is 1. The van der Waals surface area contributed by atoms with Gasteiger partial charge in [0.1, 0.15) is 0 Å². The Labute approximate surface area is 148 Å². The van der Waals surface area contributed by atoms with Gasteiger partial charge in [-0.05, 0) is 18.5 Å². The first-order chi connectivity index (χ1) is 11.4. The molecule has 2 rings (SSSR count). The van der Waals surface area contributed by atoms with Crippen molar-refractivity contribution in [2.24, 2.45) is 5.73 Å². The van der Waals surface area contributed by atoms with E-state index in [1.807, 2.05) is 40.6 Å². The van der Waals surface area contributed by atoms with Crippen LogP contribution in [0.25, 0.3) is 0 Å². The molecule has 0 aliphatic carbocycles. The molecular weight excluding hydrogens is 318 g/mol. The molecule has 0 aliphatic rings. The molecule has 1 aromatic heterocycles. The molecule has 1 aromatic carbocycles. The van der Waals surface area contributed by atoms with Crippen LogP contribution in [0.1, 0.15) is 43.5 Å². The predicted octanol–water partition coefficient (Wildman–Crippen LogP) is 3.36. The molecule has 0 aliphatic heterocycles. The highest BCUT2D eigenvalue weighted by Crippen LogP contribution is 2.25. The van der Waals surface area contributed by atoms with Gasteiger partial charge < -0.3 is 10.6 Å². The van der Waals surface area contributed by atoms with Crippen LogP contribution in [0.5, 0.6) is 0 Å². The molecule has 2 N–H and O–H groups in total. The van der Waals surface area contributed by atoms with E-state index in [2.05, 4.69) is 25.8 Å². The van der Waals surface area contributed by atoms with E-state index < -0.39 is 0 Å². The van der Waals surface area contributed by atoms with Crippen LogP contribution in [0.2, 0.25) is 0 Å². The van der Waals surface area contributed by atoms with E-state index in [9.17, 15) is 4.79 Å². The van der Waals surface area contributed by atoms with Crippen molar-refractivity contribution in [2.45, 2.75) is 45.6 Å². The van der Waals surface area contributed by atoms with Crippen molar-refractivity contribution in [3.05, 3.63) is 52.0 Å². The Bertz CT molecular complexity index is 646. The number of benzene rings is 1. The average Bonchev–Trinajstić information content (AvgIpc) is 3.01. The Morgan fingerprint density at radius 1 is 1.25 bits per heavy atom. The largest absolute Gasteiger partial charge is 0.338 e. The highest BCUT2D eigenvalue weighted by Gasteiger charge is 2.20. The van der Waals surface area contributed by atoms with Crippen molar-refractivity contribution in [3.8, 4) is 0 Å². The van der Waals surface area contributed by atoms with Crippen LogP contribution in [-0.2, 0) is 23.2 Å². The average molecular weight is 346 g/mol. The number of carbonyl (C=O) groups is 1. The van der Waals surface area contributed by atoms with E-state index >= 15 is 0 Å². The van der Waals surface area contributed by atoms with Gasteiger partial charge in [-0.25, -0.2) is 4.98 Å². The molecule has 0 saturated carbocycles.